The largest absolute Gasteiger partial charge is 0.497 e. The highest BCUT2D eigenvalue weighted by atomic mass is 35.5. The number of anilines is 3. The van der Waals surface area contributed by atoms with Crippen LogP contribution < -0.4 is 15.4 Å². The van der Waals surface area contributed by atoms with E-state index in [4.69, 9.17) is 16.3 Å². The van der Waals surface area contributed by atoms with Gasteiger partial charge in [-0.1, -0.05) is 29.8 Å². The summed E-state index contributed by atoms with van der Waals surface area (Å²) in [5, 5.41) is 7.12. The number of rotatable bonds is 7. The van der Waals surface area contributed by atoms with E-state index < -0.39 is 0 Å². The summed E-state index contributed by atoms with van der Waals surface area (Å²) in [4.78, 5) is 8.69. The number of hydrogen-bond acceptors (Lipinski definition) is 5. The molecule has 5 nitrogen and oxygen atoms in total. The van der Waals surface area contributed by atoms with Crippen LogP contribution in [-0.2, 0) is 6.42 Å². The minimum absolute atomic E-state index is 0.525. The molecule has 0 bridgehead atoms. The first-order chi connectivity index (χ1) is 12.2. The molecule has 0 saturated heterocycles. The quantitative estimate of drug-likeness (QED) is 0.652. The Morgan fingerprint density at radius 3 is 2.68 bits per heavy atom. The molecule has 25 heavy (non-hydrogen) atoms. The summed E-state index contributed by atoms with van der Waals surface area (Å²) in [5.74, 6) is 2.16. The number of nitrogens with zero attached hydrogens (tertiary/aromatic N) is 2. The number of ether oxygens (including phenoxy) is 1. The lowest BCUT2D eigenvalue weighted by atomic mass is 10.1. The smallest absolute Gasteiger partial charge is 0.229 e. The Balaban J connectivity index is 1.56. The van der Waals surface area contributed by atoms with Crippen LogP contribution in [0.15, 0.2) is 60.8 Å². The first-order valence-corrected chi connectivity index (χ1v) is 8.33. The van der Waals surface area contributed by atoms with Gasteiger partial charge in [0.05, 0.1) is 7.11 Å². The summed E-state index contributed by atoms with van der Waals surface area (Å²) in [7, 11) is 1.67. The zero-order chi connectivity index (χ0) is 17.5. The Kier molecular flexibility index (Phi) is 5.69. The van der Waals surface area contributed by atoms with Gasteiger partial charge in [-0.05, 0) is 48.4 Å². The Hall–Kier alpha value is -2.79. The van der Waals surface area contributed by atoms with E-state index in [1.807, 2.05) is 42.5 Å². The number of aromatic nitrogens is 2. The fourth-order valence-corrected chi connectivity index (χ4v) is 2.53. The van der Waals surface area contributed by atoms with E-state index in [0.717, 1.165) is 30.2 Å². The van der Waals surface area contributed by atoms with Crippen molar-refractivity contribution in [2.45, 2.75) is 6.42 Å². The molecule has 0 radical (unpaired) electrons. The molecular weight excluding hydrogens is 336 g/mol. The minimum Gasteiger partial charge on any atom is -0.497 e. The molecule has 0 aliphatic carbocycles. The third kappa shape index (κ3) is 5.09. The average molecular weight is 355 g/mol. The van der Waals surface area contributed by atoms with Crippen LogP contribution in [0.1, 0.15) is 5.56 Å². The van der Waals surface area contributed by atoms with Crippen molar-refractivity contribution in [2.24, 2.45) is 0 Å². The summed E-state index contributed by atoms with van der Waals surface area (Å²) in [6.45, 7) is 0.778. The van der Waals surface area contributed by atoms with Gasteiger partial charge in [-0.15, -0.1) is 0 Å². The minimum atomic E-state index is 0.525. The van der Waals surface area contributed by atoms with Crippen molar-refractivity contribution in [3.8, 4) is 5.75 Å². The third-order valence-corrected chi connectivity index (χ3v) is 3.85. The van der Waals surface area contributed by atoms with Gasteiger partial charge >= 0.3 is 0 Å². The van der Waals surface area contributed by atoms with Crippen molar-refractivity contribution in [2.75, 3.05) is 24.3 Å². The molecule has 0 unspecified atom stereocenters. The maximum absolute atomic E-state index is 5.99. The fraction of sp³-hybridized carbons (Fsp3) is 0.158. The van der Waals surface area contributed by atoms with Crippen LogP contribution in [0, 0.1) is 0 Å². The standard InChI is InChI=1S/C19H19ClN4O/c1-25-17-7-5-14(6-8-17)9-11-21-18-10-12-22-19(24-18)23-16-4-2-3-15(20)13-16/h2-8,10,12-13H,9,11H2,1H3,(H2,21,22,23,24). The Morgan fingerprint density at radius 1 is 1.08 bits per heavy atom. The summed E-state index contributed by atoms with van der Waals surface area (Å²) in [6, 6.07) is 17.3. The van der Waals surface area contributed by atoms with Crippen molar-refractivity contribution in [3.63, 3.8) is 0 Å². The van der Waals surface area contributed by atoms with Crippen molar-refractivity contribution in [1.29, 1.82) is 0 Å². The molecule has 2 aromatic carbocycles. The maximum atomic E-state index is 5.99. The lowest BCUT2D eigenvalue weighted by molar-refractivity contribution is 0.414. The van der Waals surface area contributed by atoms with Gasteiger partial charge in [0.1, 0.15) is 11.6 Å². The normalized spacial score (nSPS) is 10.3. The molecule has 0 atom stereocenters. The molecule has 0 saturated carbocycles. The van der Waals surface area contributed by atoms with Gasteiger partial charge in [0.15, 0.2) is 0 Å². The summed E-state index contributed by atoms with van der Waals surface area (Å²) >= 11 is 5.99. The number of halogens is 1. The van der Waals surface area contributed by atoms with Crippen LogP contribution in [0.5, 0.6) is 5.75 Å². The molecule has 0 aliphatic heterocycles. The monoisotopic (exact) mass is 354 g/mol. The van der Waals surface area contributed by atoms with Crippen molar-refractivity contribution >= 4 is 29.1 Å². The fourth-order valence-electron chi connectivity index (χ4n) is 2.34. The van der Waals surface area contributed by atoms with Gasteiger partial charge < -0.3 is 15.4 Å². The second-order valence-corrected chi connectivity index (χ2v) is 5.86. The molecule has 3 rings (SSSR count). The zero-order valence-corrected chi connectivity index (χ0v) is 14.6. The highest BCUT2D eigenvalue weighted by Crippen LogP contribution is 2.18. The molecule has 0 aliphatic rings. The molecule has 128 valence electrons. The van der Waals surface area contributed by atoms with Gasteiger partial charge in [0, 0.05) is 23.5 Å². The van der Waals surface area contributed by atoms with E-state index in [-0.39, 0.29) is 0 Å². The zero-order valence-electron chi connectivity index (χ0n) is 13.9. The van der Waals surface area contributed by atoms with E-state index in [9.17, 15) is 0 Å². The Morgan fingerprint density at radius 2 is 1.92 bits per heavy atom. The van der Waals surface area contributed by atoms with Crippen LogP contribution >= 0.6 is 11.6 Å². The Bertz CT molecular complexity index is 824. The topological polar surface area (TPSA) is 59.1 Å². The van der Waals surface area contributed by atoms with Gasteiger partial charge in [-0.3, -0.25) is 0 Å². The van der Waals surface area contributed by atoms with Crippen molar-refractivity contribution in [3.05, 3.63) is 71.4 Å². The first kappa shape index (κ1) is 17.0. The van der Waals surface area contributed by atoms with Crippen molar-refractivity contribution in [1.82, 2.24) is 9.97 Å². The lowest BCUT2D eigenvalue weighted by Gasteiger charge is -2.09. The lowest BCUT2D eigenvalue weighted by Crippen LogP contribution is -2.07. The number of nitrogens with one attached hydrogen (secondary N) is 2. The van der Waals surface area contributed by atoms with Crippen molar-refractivity contribution < 1.29 is 4.74 Å². The maximum Gasteiger partial charge on any atom is 0.229 e. The second kappa shape index (κ2) is 8.35. The van der Waals surface area contributed by atoms with Crippen LogP contribution in [-0.4, -0.2) is 23.6 Å². The highest BCUT2D eigenvalue weighted by molar-refractivity contribution is 6.30. The predicted molar refractivity (Wildman–Crippen MR) is 102 cm³/mol. The van der Waals surface area contributed by atoms with Gasteiger partial charge in [-0.25, -0.2) is 4.98 Å². The predicted octanol–water partition coefficient (Wildman–Crippen LogP) is 4.54. The average Bonchev–Trinajstić information content (AvgIpc) is 2.63. The van der Waals surface area contributed by atoms with E-state index in [1.54, 1.807) is 13.3 Å². The van der Waals surface area contributed by atoms with Crippen LogP contribution in [0.25, 0.3) is 0 Å². The SMILES string of the molecule is COc1ccc(CCNc2ccnc(Nc3cccc(Cl)c3)n2)cc1. The van der Waals surface area contributed by atoms with E-state index >= 15 is 0 Å². The summed E-state index contributed by atoms with van der Waals surface area (Å²) in [5.41, 5.74) is 2.09. The van der Waals surface area contributed by atoms with Gasteiger partial charge in [0.25, 0.3) is 0 Å². The van der Waals surface area contributed by atoms with E-state index in [2.05, 4.69) is 32.7 Å². The van der Waals surface area contributed by atoms with E-state index in [1.165, 1.54) is 5.56 Å². The number of benzene rings is 2. The molecule has 1 aromatic heterocycles. The first-order valence-electron chi connectivity index (χ1n) is 7.95. The molecule has 0 amide bonds. The second-order valence-electron chi connectivity index (χ2n) is 5.43. The van der Waals surface area contributed by atoms with Gasteiger partial charge in [-0.2, -0.15) is 4.98 Å². The van der Waals surface area contributed by atoms with E-state index in [0.29, 0.717) is 11.0 Å². The summed E-state index contributed by atoms with van der Waals surface area (Å²) in [6.07, 6.45) is 2.61. The third-order valence-electron chi connectivity index (χ3n) is 3.62. The van der Waals surface area contributed by atoms with Crippen LogP contribution in [0.3, 0.4) is 0 Å². The number of hydrogen-bond donors (Lipinski definition) is 2. The van der Waals surface area contributed by atoms with Gasteiger partial charge in [0.2, 0.25) is 5.95 Å². The Labute approximate surface area is 152 Å². The van der Waals surface area contributed by atoms with Crippen LogP contribution in [0.2, 0.25) is 5.02 Å². The molecule has 1 heterocycles. The molecule has 2 N–H and O–H groups in total. The summed E-state index contributed by atoms with van der Waals surface area (Å²) < 4.78 is 5.16. The molecule has 0 fully saturated rings. The number of methoxy groups -OCH3 is 1. The molecule has 3 aromatic rings. The van der Waals surface area contributed by atoms with Crippen LogP contribution in [0.4, 0.5) is 17.5 Å². The molecule has 6 heteroatoms. The molecular formula is C19H19ClN4O. The molecule has 0 spiro atoms. The highest BCUT2D eigenvalue weighted by Gasteiger charge is 2.01.